The van der Waals surface area contributed by atoms with E-state index in [-0.39, 0.29) is 42.8 Å². The van der Waals surface area contributed by atoms with E-state index in [0.29, 0.717) is 12.0 Å². The smallest absolute Gasteiger partial charge is 0.337 e. The summed E-state index contributed by atoms with van der Waals surface area (Å²) in [5, 5.41) is 28.4. The maximum absolute atomic E-state index is 12.2. The first kappa shape index (κ1) is 20.6. The summed E-state index contributed by atoms with van der Waals surface area (Å²) in [6.07, 6.45) is 1.18. The predicted molar refractivity (Wildman–Crippen MR) is 93.8 cm³/mol. The van der Waals surface area contributed by atoms with Crippen LogP contribution >= 0.6 is 0 Å². The highest BCUT2D eigenvalue weighted by Crippen LogP contribution is 2.34. The molecule has 3 N–H and O–H groups in total. The molecule has 0 radical (unpaired) electrons. The Morgan fingerprint density at radius 3 is 2.59 bits per heavy atom. The Balaban J connectivity index is 1.96. The Labute approximate surface area is 157 Å². The molecule has 8 heteroatoms. The second-order valence-electron chi connectivity index (χ2n) is 6.36. The van der Waals surface area contributed by atoms with Crippen molar-refractivity contribution in [1.82, 2.24) is 0 Å². The van der Waals surface area contributed by atoms with Crippen molar-refractivity contribution >= 4 is 11.9 Å². The first-order chi connectivity index (χ1) is 12.9. The maximum atomic E-state index is 12.2. The van der Waals surface area contributed by atoms with Crippen LogP contribution in [0.2, 0.25) is 0 Å². The number of esters is 2. The van der Waals surface area contributed by atoms with E-state index in [9.17, 15) is 24.9 Å². The number of phenolic OH excluding ortho intramolecular Hbond substituents is 2. The number of benzene rings is 1. The van der Waals surface area contributed by atoms with E-state index in [2.05, 4.69) is 0 Å². The van der Waals surface area contributed by atoms with E-state index in [1.165, 1.54) is 25.5 Å². The SMILES string of the molecule is COC(=O)C1=COC(C)C(CO)C1CC(=O)OCCc1ccc(O)c(O)c1. The largest absolute Gasteiger partial charge is 0.504 e. The second-order valence-corrected chi connectivity index (χ2v) is 6.36. The maximum Gasteiger partial charge on any atom is 0.337 e. The number of aromatic hydroxyl groups is 2. The monoisotopic (exact) mass is 380 g/mol. The van der Waals surface area contributed by atoms with E-state index in [1.807, 2.05) is 0 Å². The van der Waals surface area contributed by atoms with Gasteiger partial charge in [-0.15, -0.1) is 0 Å². The standard InChI is InChI=1S/C19H24O8/c1-11-14(9-20)13(15(10-27-11)19(24)25-2)8-18(23)26-6-5-12-3-4-16(21)17(22)7-12/h3-4,7,10-11,13-14,20-22H,5-6,8-9H2,1-2H3. The third-order valence-electron chi connectivity index (χ3n) is 4.64. The number of phenols is 2. The van der Waals surface area contributed by atoms with Gasteiger partial charge in [-0.2, -0.15) is 0 Å². The molecule has 3 atom stereocenters. The van der Waals surface area contributed by atoms with Crippen LogP contribution in [-0.2, 0) is 30.2 Å². The third kappa shape index (κ3) is 5.13. The summed E-state index contributed by atoms with van der Waals surface area (Å²) in [7, 11) is 1.23. The number of ether oxygens (including phenoxy) is 3. The van der Waals surface area contributed by atoms with Gasteiger partial charge in [0, 0.05) is 18.3 Å². The summed E-state index contributed by atoms with van der Waals surface area (Å²) in [5.74, 6) is -2.61. The van der Waals surface area contributed by atoms with Crippen molar-refractivity contribution in [2.45, 2.75) is 25.9 Å². The molecule has 3 unspecified atom stereocenters. The van der Waals surface area contributed by atoms with Crippen molar-refractivity contribution in [2.24, 2.45) is 11.8 Å². The minimum absolute atomic E-state index is 0.0723. The van der Waals surface area contributed by atoms with Crippen LogP contribution in [0.1, 0.15) is 18.9 Å². The van der Waals surface area contributed by atoms with Crippen LogP contribution in [0.3, 0.4) is 0 Å². The molecule has 0 fully saturated rings. The Morgan fingerprint density at radius 1 is 1.22 bits per heavy atom. The summed E-state index contributed by atoms with van der Waals surface area (Å²) >= 11 is 0. The normalized spacial score (nSPS) is 21.7. The van der Waals surface area contributed by atoms with E-state index in [4.69, 9.17) is 14.2 Å². The molecule has 0 aliphatic carbocycles. The van der Waals surface area contributed by atoms with Crippen LogP contribution in [0, 0.1) is 11.8 Å². The molecule has 0 amide bonds. The van der Waals surface area contributed by atoms with Crippen molar-refractivity contribution in [3.8, 4) is 11.5 Å². The Morgan fingerprint density at radius 2 is 1.96 bits per heavy atom. The Kier molecular flexibility index (Phi) is 7.06. The fraction of sp³-hybridized carbons (Fsp3) is 0.474. The molecule has 0 saturated carbocycles. The molecule has 148 valence electrons. The molecule has 8 nitrogen and oxygen atoms in total. The Hall–Kier alpha value is -2.74. The molecule has 1 aliphatic heterocycles. The highest BCUT2D eigenvalue weighted by molar-refractivity contribution is 5.89. The van der Waals surface area contributed by atoms with Gasteiger partial charge in [0.05, 0.1) is 38.6 Å². The zero-order chi connectivity index (χ0) is 20.0. The van der Waals surface area contributed by atoms with Gasteiger partial charge in [-0.3, -0.25) is 4.79 Å². The van der Waals surface area contributed by atoms with Crippen molar-refractivity contribution in [3.05, 3.63) is 35.6 Å². The number of carbonyl (C=O) groups excluding carboxylic acids is 2. The van der Waals surface area contributed by atoms with Gasteiger partial charge >= 0.3 is 11.9 Å². The third-order valence-corrected chi connectivity index (χ3v) is 4.64. The van der Waals surface area contributed by atoms with Crippen molar-refractivity contribution in [2.75, 3.05) is 20.3 Å². The highest BCUT2D eigenvalue weighted by atomic mass is 16.5. The lowest BCUT2D eigenvalue weighted by atomic mass is 9.79. The summed E-state index contributed by atoms with van der Waals surface area (Å²) < 4.78 is 15.3. The zero-order valence-corrected chi connectivity index (χ0v) is 15.3. The molecular weight excluding hydrogens is 356 g/mol. The van der Waals surface area contributed by atoms with Crippen LogP contribution in [0.15, 0.2) is 30.0 Å². The van der Waals surface area contributed by atoms with E-state index < -0.39 is 23.8 Å². The molecule has 2 rings (SSSR count). The van der Waals surface area contributed by atoms with Crippen molar-refractivity contribution in [3.63, 3.8) is 0 Å². The van der Waals surface area contributed by atoms with Gasteiger partial charge in [-0.25, -0.2) is 4.79 Å². The van der Waals surface area contributed by atoms with Gasteiger partial charge in [0.15, 0.2) is 11.5 Å². The first-order valence-electron chi connectivity index (χ1n) is 8.58. The van der Waals surface area contributed by atoms with Crippen LogP contribution in [0.4, 0.5) is 0 Å². The predicted octanol–water partition coefficient (Wildman–Crippen LogP) is 1.27. The fourth-order valence-corrected chi connectivity index (χ4v) is 3.03. The molecule has 1 heterocycles. The molecule has 0 bridgehead atoms. The number of carbonyl (C=O) groups is 2. The van der Waals surface area contributed by atoms with Crippen molar-refractivity contribution in [1.29, 1.82) is 0 Å². The van der Waals surface area contributed by atoms with Crippen LogP contribution < -0.4 is 0 Å². The van der Waals surface area contributed by atoms with Gasteiger partial charge in [0.25, 0.3) is 0 Å². The molecule has 0 aromatic heterocycles. The van der Waals surface area contributed by atoms with Crippen LogP contribution in [0.25, 0.3) is 0 Å². The Bertz CT molecular complexity index is 712. The topological polar surface area (TPSA) is 123 Å². The van der Waals surface area contributed by atoms with E-state index in [0.717, 1.165) is 0 Å². The van der Waals surface area contributed by atoms with E-state index in [1.54, 1.807) is 13.0 Å². The van der Waals surface area contributed by atoms with E-state index >= 15 is 0 Å². The average Bonchev–Trinajstić information content (AvgIpc) is 2.64. The first-order valence-corrected chi connectivity index (χ1v) is 8.58. The highest BCUT2D eigenvalue weighted by Gasteiger charge is 2.38. The summed E-state index contributed by atoms with van der Waals surface area (Å²) in [6, 6.07) is 4.36. The molecule has 1 aromatic carbocycles. The second kappa shape index (κ2) is 9.27. The van der Waals surface area contributed by atoms with Crippen LogP contribution in [-0.4, -0.2) is 53.7 Å². The molecule has 27 heavy (non-hydrogen) atoms. The molecular formula is C19H24O8. The average molecular weight is 380 g/mol. The molecule has 1 aliphatic rings. The minimum Gasteiger partial charge on any atom is -0.504 e. The quantitative estimate of drug-likeness (QED) is 0.477. The summed E-state index contributed by atoms with van der Waals surface area (Å²) in [4.78, 5) is 24.2. The number of rotatable bonds is 7. The molecule has 0 spiro atoms. The number of hydrogen-bond donors (Lipinski definition) is 3. The lowest BCUT2D eigenvalue weighted by Crippen LogP contribution is -2.38. The lowest BCUT2D eigenvalue weighted by Gasteiger charge is -2.34. The van der Waals surface area contributed by atoms with Gasteiger partial charge < -0.3 is 29.5 Å². The number of aliphatic hydroxyl groups is 1. The summed E-state index contributed by atoms with van der Waals surface area (Å²) in [6.45, 7) is 1.57. The number of hydrogen-bond acceptors (Lipinski definition) is 8. The van der Waals surface area contributed by atoms with Crippen LogP contribution in [0.5, 0.6) is 11.5 Å². The lowest BCUT2D eigenvalue weighted by molar-refractivity contribution is -0.146. The zero-order valence-electron chi connectivity index (χ0n) is 15.3. The number of aliphatic hydroxyl groups excluding tert-OH is 1. The van der Waals surface area contributed by atoms with Gasteiger partial charge in [0.2, 0.25) is 0 Å². The number of methoxy groups -OCH3 is 1. The van der Waals surface area contributed by atoms with Crippen molar-refractivity contribution < 1.29 is 39.1 Å². The van der Waals surface area contributed by atoms with Gasteiger partial charge in [0.1, 0.15) is 6.10 Å². The summed E-state index contributed by atoms with van der Waals surface area (Å²) in [5.41, 5.74) is 0.885. The van der Waals surface area contributed by atoms with Gasteiger partial charge in [-0.1, -0.05) is 6.07 Å². The minimum atomic E-state index is -0.613. The molecule has 0 saturated heterocycles. The molecule has 1 aromatic rings. The van der Waals surface area contributed by atoms with Gasteiger partial charge in [-0.05, 0) is 24.6 Å². The fourth-order valence-electron chi connectivity index (χ4n) is 3.03.